The molecule has 6 aromatic rings. The number of aromatic nitrogens is 2. The number of methoxy groups -OCH3 is 1. The SMILES string of the molecule is COc1nc(CCc2ccccc2)cc(Oc2cc(Cl)cc(C#N)c2)c1Br.N#Cc1cc(Cl)cc(Oc2cc(CCc3ccccc3)[nH]c(=O)c2Br)c1. The van der Waals surface area contributed by atoms with E-state index in [1.807, 2.05) is 60.7 Å². The van der Waals surface area contributed by atoms with Crippen molar-refractivity contribution < 1.29 is 14.2 Å². The zero-order valence-electron chi connectivity index (χ0n) is 28.2. The van der Waals surface area contributed by atoms with Crippen LogP contribution in [0.4, 0.5) is 0 Å². The number of aromatic amines is 1. The van der Waals surface area contributed by atoms with E-state index in [-0.39, 0.29) is 5.56 Å². The van der Waals surface area contributed by atoms with Crippen molar-refractivity contribution in [3.8, 4) is 41.0 Å². The van der Waals surface area contributed by atoms with Gasteiger partial charge in [-0.2, -0.15) is 10.5 Å². The lowest BCUT2D eigenvalue weighted by atomic mass is 10.1. The minimum absolute atomic E-state index is 0.270. The number of halogens is 4. The molecule has 0 atom stereocenters. The largest absolute Gasteiger partial charge is 0.480 e. The van der Waals surface area contributed by atoms with E-state index in [2.05, 4.69) is 60.0 Å². The third kappa shape index (κ3) is 11.4. The predicted octanol–water partition coefficient (Wildman–Crippen LogP) is 11.2. The lowest BCUT2D eigenvalue weighted by molar-refractivity contribution is 0.386. The van der Waals surface area contributed by atoms with Gasteiger partial charge < -0.3 is 19.2 Å². The summed E-state index contributed by atoms with van der Waals surface area (Å²) in [7, 11) is 1.56. The fourth-order valence-corrected chi connectivity index (χ4v) is 6.31. The Morgan fingerprint density at radius 3 is 1.70 bits per heavy atom. The van der Waals surface area contributed by atoms with Crippen molar-refractivity contribution in [3.05, 3.63) is 172 Å². The summed E-state index contributed by atoms with van der Waals surface area (Å²) in [4.78, 5) is 19.6. The molecule has 0 unspecified atom stereocenters. The molecule has 0 saturated heterocycles. The van der Waals surface area contributed by atoms with Crippen LogP contribution in [0.5, 0.6) is 28.9 Å². The van der Waals surface area contributed by atoms with Gasteiger partial charge in [0.05, 0.1) is 30.4 Å². The molecule has 0 aliphatic heterocycles. The zero-order chi connectivity index (χ0) is 37.7. The summed E-state index contributed by atoms with van der Waals surface area (Å²) in [6.45, 7) is 0. The minimum atomic E-state index is -0.270. The maximum Gasteiger partial charge on any atom is 0.266 e. The van der Waals surface area contributed by atoms with Crippen LogP contribution in [0.1, 0.15) is 33.6 Å². The second kappa shape index (κ2) is 19.1. The number of rotatable bonds is 11. The van der Waals surface area contributed by atoms with Gasteiger partial charge in [0.2, 0.25) is 5.88 Å². The summed E-state index contributed by atoms with van der Waals surface area (Å²) >= 11 is 18.8. The van der Waals surface area contributed by atoms with Crippen LogP contribution in [0.15, 0.2) is 123 Å². The van der Waals surface area contributed by atoms with Gasteiger partial charge in [0.15, 0.2) is 0 Å². The number of benzene rings is 4. The molecule has 2 aromatic heterocycles. The Morgan fingerprint density at radius 2 is 1.19 bits per heavy atom. The van der Waals surface area contributed by atoms with Crippen molar-refractivity contribution in [1.82, 2.24) is 9.97 Å². The quantitative estimate of drug-likeness (QED) is 0.138. The third-order valence-corrected chi connectivity index (χ3v) is 9.55. The molecular formula is C41H30Br2Cl2N4O4. The molecule has 0 aliphatic carbocycles. The molecular weight excluding hydrogens is 843 g/mol. The molecule has 53 heavy (non-hydrogen) atoms. The van der Waals surface area contributed by atoms with Gasteiger partial charge in [0.1, 0.15) is 31.9 Å². The molecule has 6 rings (SSSR count). The third-order valence-electron chi connectivity index (χ3n) is 7.63. The van der Waals surface area contributed by atoms with Crippen LogP contribution in [-0.4, -0.2) is 17.1 Å². The van der Waals surface area contributed by atoms with Crippen LogP contribution in [-0.2, 0) is 25.7 Å². The van der Waals surface area contributed by atoms with Gasteiger partial charge in [0, 0.05) is 33.6 Å². The lowest BCUT2D eigenvalue weighted by Crippen LogP contribution is -2.11. The monoisotopic (exact) mass is 870 g/mol. The number of hydrogen-bond donors (Lipinski definition) is 1. The highest BCUT2D eigenvalue weighted by Gasteiger charge is 2.15. The van der Waals surface area contributed by atoms with E-state index in [9.17, 15) is 4.79 Å². The molecule has 0 radical (unpaired) electrons. The first-order valence-electron chi connectivity index (χ1n) is 16.1. The van der Waals surface area contributed by atoms with Crippen molar-refractivity contribution in [2.75, 3.05) is 7.11 Å². The average Bonchev–Trinajstić information content (AvgIpc) is 3.16. The number of hydrogen-bond acceptors (Lipinski definition) is 7. The molecule has 0 fully saturated rings. The highest BCUT2D eigenvalue weighted by Crippen LogP contribution is 2.37. The van der Waals surface area contributed by atoms with Crippen LogP contribution in [0.2, 0.25) is 10.0 Å². The van der Waals surface area contributed by atoms with E-state index in [0.717, 1.165) is 30.7 Å². The normalized spacial score (nSPS) is 10.3. The van der Waals surface area contributed by atoms with Crippen molar-refractivity contribution in [1.29, 1.82) is 10.5 Å². The second-order valence-corrected chi connectivity index (χ2v) is 13.9. The molecule has 4 aromatic carbocycles. The van der Waals surface area contributed by atoms with Gasteiger partial charge >= 0.3 is 0 Å². The first kappa shape index (κ1) is 39.1. The molecule has 0 bridgehead atoms. The zero-order valence-corrected chi connectivity index (χ0v) is 32.9. The number of pyridine rings is 2. The predicted molar refractivity (Wildman–Crippen MR) is 213 cm³/mol. The summed E-state index contributed by atoms with van der Waals surface area (Å²) in [6.07, 6.45) is 3.06. The summed E-state index contributed by atoms with van der Waals surface area (Å²) in [5.74, 6) is 2.24. The fourth-order valence-electron chi connectivity index (χ4n) is 5.12. The Labute approximate surface area is 333 Å². The van der Waals surface area contributed by atoms with Crippen molar-refractivity contribution in [3.63, 3.8) is 0 Å². The Hall–Kier alpha value is -5.10. The van der Waals surface area contributed by atoms with Crippen molar-refractivity contribution in [2.45, 2.75) is 25.7 Å². The number of ether oxygens (including phenoxy) is 3. The molecule has 0 amide bonds. The summed E-state index contributed by atoms with van der Waals surface area (Å²) in [5.41, 5.74) is 4.57. The number of nitrogens with zero attached hydrogens (tertiary/aromatic N) is 3. The number of aryl methyl sites for hydroxylation is 4. The Bertz CT molecular complexity index is 2340. The lowest BCUT2D eigenvalue weighted by Gasteiger charge is -2.13. The van der Waals surface area contributed by atoms with Gasteiger partial charge in [-0.05, 0) is 105 Å². The molecule has 8 nitrogen and oxygen atoms in total. The number of nitrogens with one attached hydrogen (secondary N) is 1. The minimum Gasteiger partial charge on any atom is -0.480 e. The van der Waals surface area contributed by atoms with Gasteiger partial charge in [-0.25, -0.2) is 4.98 Å². The van der Waals surface area contributed by atoms with Crippen LogP contribution >= 0.6 is 55.1 Å². The molecule has 0 saturated carbocycles. The van der Waals surface area contributed by atoms with E-state index >= 15 is 0 Å². The fraction of sp³-hybridized carbons (Fsp3) is 0.122. The molecule has 266 valence electrons. The van der Waals surface area contributed by atoms with Gasteiger partial charge in [-0.1, -0.05) is 83.9 Å². The molecule has 0 spiro atoms. The van der Waals surface area contributed by atoms with Gasteiger partial charge in [0.25, 0.3) is 5.56 Å². The van der Waals surface area contributed by atoms with Crippen LogP contribution in [0.25, 0.3) is 0 Å². The molecule has 2 heterocycles. The van der Waals surface area contributed by atoms with E-state index < -0.39 is 0 Å². The van der Waals surface area contributed by atoms with Crippen LogP contribution in [0.3, 0.4) is 0 Å². The number of nitriles is 2. The van der Waals surface area contributed by atoms with Gasteiger partial charge in [-0.3, -0.25) is 4.79 Å². The van der Waals surface area contributed by atoms with Crippen molar-refractivity contribution >= 4 is 55.1 Å². The maximum absolute atomic E-state index is 12.2. The smallest absolute Gasteiger partial charge is 0.266 e. The first-order valence-corrected chi connectivity index (χ1v) is 18.5. The summed E-state index contributed by atoms with van der Waals surface area (Å²) in [5, 5.41) is 19.0. The molecule has 12 heteroatoms. The summed E-state index contributed by atoms with van der Waals surface area (Å²) < 4.78 is 18.0. The topological polar surface area (TPSA) is 121 Å². The molecule has 1 N–H and O–H groups in total. The number of H-pyrrole nitrogens is 1. The summed E-state index contributed by atoms with van der Waals surface area (Å²) in [6, 6.07) is 37.6. The van der Waals surface area contributed by atoms with Crippen LogP contribution in [0, 0.1) is 22.7 Å². The van der Waals surface area contributed by atoms with E-state index in [1.165, 1.54) is 11.1 Å². The van der Waals surface area contributed by atoms with Crippen LogP contribution < -0.4 is 19.8 Å². The highest BCUT2D eigenvalue weighted by atomic mass is 79.9. The molecule has 0 aliphatic rings. The van der Waals surface area contributed by atoms with E-state index in [0.29, 0.717) is 65.4 Å². The first-order chi connectivity index (χ1) is 25.6. The second-order valence-electron chi connectivity index (χ2n) is 11.5. The van der Waals surface area contributed by atoms with Crippen molar-refractivity contribution in [2.24, 2.45) is 0 Å². The Kier molecular flexibility index (Phi) is 14.1. The highest BCUT2D eigenvalue weighted by molar-refractivity contribution is 9.11. The maximum atomic E-state index is 12.2. The van der Waals surface area contributed by atoms with E-state index in [1.54, 1.807) is 49.6 Å². The van der Waals surface area contributed by atoms with Gasteiger partial charge in [-0.15, -0.1) is 0 Å². The standard InChI is InChI=1S/C21H16BrClN2O2.C20H14BrClN2O2/c1-26-21-20(22)19(27-18-10-15(13-24)9-16(23)11-18)12-17(25-21)8-7-14-5-3-2-4-6-14;21-19-18(26-17-9-14(12-23)8-15(22)10-17)11-16(24-20(19)25)7-6-13-4-2-1-3-5-13/h2-6,9-12H,7-8H2,1H3;1-5,8-11H,6-7H2,(H,24,25). The Balaban J connectivity index is 0.000000204. The average molecular weight is 873 g/mol. The Morgan fingerprint density at radius 1 is 0.679 bits per heavy atom. The van der Waals surface area contributed by atoms with E-state index in [4.69, 9.17) is 47.9 Å².